The van der Waals surface area contributed by atoms with Gasteiger partial charge in [-0.05, 0) is 12.1 Å². The number of para-hydroxylation sites is 2. The molecule has 0 aromatic heterocycles. The number of benzene rings is 1. The highest BCUT2D eigenvalue weighted by Gasteiger charge is 2.40. The number of carbonyl (C=O) groups is 3. The van der Waals surface area contributed by atoms with Crippen LogP contribution in [0.25, 0.3) is 0 Å². The van der Waals surface area contributed by atoms with Crippen molar-refractivity contribution in [2.75, 3.05) is 19.1 Å². The van der Waals surface area contributed by atoms with E-state index in [4.69, 9.17) is 0 Å². The zero-order valence-corrected chi connectivity index (χ0v) is 12.1. The number of rotatable bonds is 5. The summed E-state index contributed by atoms with van der Waals surface area (Å²) >= 11 is 0.799. The van der Waals surface area contributed by atoms with E-state index in [2.05, 4.69) is 10.1 Å². The van der Waals surface area contributed by atoms with Crippen molar-refractivity contribution in [2.45, 2.75) is 11.7 Å². The van der Waals surface area contributed by atoms with E-state index in [0.29, 0.717) is 5.69 Å². The van der Waals surface area contributed by atoms with Gasteiger partial charge in [0.05, 0.1) is 25.9 Å². The minimum absolute atomic E-state index is 0.0235. The fraction of sp³-hybridized carbons (Fsp3) is 0.308. The van der Waals surface area contributed by atoms with Crippen LogP contribution in [0.3, 0.4) is 0 Å². The molecule has 0 spiro atoms. The average molecular weight is 310 g/mol. The van der Waals surface area contributed by atoms with Crippen molar-refractivity contribution < 1.29 is 24.2 Å². The number of nitrogens with zero attached hydrogens (tertiary/aromatic N) is 1. The maximum atomic E-state index is 12.0. The second-order valence-corrected chi connectivity index (χ2v) is 5.42. The van der Waals surface area contributed by atoms with E-state index in [1.165, 1.54) is 13.2 Å². The largest absolute Gasteiger partial charge is 0.506 e. The molecule has 21 heavy (non-hydrogen) atoms. The lowest BCUT2D eigenvalue weighted by molar-refractivity contribution is -0.142. The van der Waals surface area contributed by atoms with Gasteiger partial charge in [-0.2, -0.15) is 0 Å². The smallest absolute Gasteiger partial charge is 0.307 e. The Morgan fingerprint density at radius 3 is 2.81 bits per heavy atom. The number of imide groups is 1. The topological polar surface area (TPSA) is 95.9 Å². The van der Waals surface area contributed by atoms with Crippen LogP contribution in [0, 0.1) is 0 Å². The number of methoxy groups -OCH3 is 1. The second-order valence-electron chi connectivity index (χ2n) is 4.27. The van der Waals surface area contributed by atoms with Gasteiger partial charge in [0.25, 0.3) is 5.24 Å². The molecule has 0 radical (unpaired) electrons. The monoisotopic (exact) mass is 310 g/mol. The van der Waals surface area contributed by atoms with Gasteiger partial charge in [-0.3, -0.25) is 19.3 Å². The Hall–Kier alpha value is -2.22. The van der Waals surface area contributed by atoms with Crippen molar-refractivity contribution in [3.05, 3.63) is 24.3 Å². The average Bonchev–Trinajstić information content (AvgIpc) is 2.73. The van der Waals surface area contributed by atoms with Crippen molar-refractivity contribution >= 4 is 34.6 Å². The third kappa shape index (κ3) is 3.46. The molecule has 1 unspecified atom stereocenters. The zero-order chi connectivity index (χ0) is 15.4. The number of anilines is 1. The lowest BCUT2D eigenvalue weighted by Gasteiger charge is -2.16. The molecule has 7 nitrogen and oxygen atoms in total. The fourth-order valence-corrected chi connectivity index (χ4v) is 2.77. The SMILES string of the molecule is COC(=O)CC1SC(=O)N(CNc2ccccc2O)C1=O. The van der Waals surface area contributed by atoms with E-state index >= 15 is 0 Å². The number of carbonyl (C=O) groups excluding carboxylic acids is 3. The summed E-state index contributed by atoms with van der Waals surface area (Å²) in [6.45, 7) is -0.0695. The number of ether oxygens (including phenoxy) is 1. The number of esters is 1. The molecule has 1 saturated heterocycles. The van der Waals surface area contributed by atoms with Crippen molar-refractivity contribution in [3.63, 3.8) is 0 Å². The standard InChI is InChI=1S/C13H14N2O5S/c1-20-11(17)6-10-12(18)15(13(19)21-10)7-14-8-4-2-3-5-9(8)16/h2-5,10,14,16H,6-7H2,1H3. The Balaban J connectivity index is 1.98. The molecule has 1 aromatic rings. The summed E-state index contributed by atoms with van der Waals surface area (Å²) in [6.07, 6.45) is -0.140. The Bertz CT molecular complexity index is 577. The molecule has 112 valence electrons. The number of phenols is 1. The maximum Gasteiger partial charge on any atom is 0.307 e. The zero-order valence-electron chi connectivity index (χ0n) is 11.2. The normalized spacial score (nSPS) is 18.0. The van der Waals surface area contributed by atoms with Crippen LogP contribution in [0.4, 0.5) is 10.5 Å². The van der Waals surface area contributed by atoms with E-state index in [0.717, 1.165) is 16.7 Å². The second kappa shape index (κ2) is 6.49. The first-order valence-corrected chi connectivity index (χ1v) is 7.01. The molecule has 0 aliphatic carbocycles. The van der Waals surface area contributed by atoms with Gasteiger partial charge in [0, 0.05) is 0 Å². The van der Waals surface area contributed by atoms with Gasteiger partial charge in [-0.1, -0.05) is 23.9 Å². The summed E-state index contributed by atoms with van der Waals surface area (Å²) in [5.74, 6) is -0.960. The number of nitrogens with one attached hydrogen (secondary N) is 1. The first-order valence-electron chi connectivity index (χ1n) is 6.13. The van der Waals surface area contributed by atoms with Gasteiger partial charge in [-0.25, -0.2) is 0 Å². The first kappa shape index (κ1) is 15.2. The number of phenolic OH excluding ortho intramolecular Hbond substituents is 1. The number of amides is 2. The van der Waals surface area contributed by atoms with Crippen LogP contribution in [-0.4, -0.2) is 46.2 Å². The highest BCUT2D eigenvalue weighted by Crippen LogP contribution is 2.30. The van der Waals surface area contributed by atoms with Crippen molar-refractivity contribution in [2.24, 2.45) is 0 Å². The Labute approximate surface area is 125 Å². The van der Waals surface area contributed by atoms with Crippen LogP contribution >= 0.6 is 11.8 Å². The minimum atomic E-state index is -0.754. The fourth-order valence-electron chi connectivity index (χ4n) is 1.79. The third-order valence-electron chi connectivity index (χ3n) is 2.92. The van der Waals surface area contributed by atoms with Gasteiger partial charge in [-0.15, -0.1) is 0 Å². The van der Waals surface area contributed by atoms with Gasteiger partial charge >= 0.3 is 5.97 Å². The summed E-state index contributed by atoms with van der Waals surface area (Å²) < 4.78 is 4.49. The van der Waals surface area contributed by atoms with E-state index in [1.54, 1.807) is 18.2 Å². The van der Waals surface area contributed by atoms with Crippen LogP contribution < -0.4 is 5.32 Å². The highest BCUT2D eigenvalue weighted by atomic mass is 32.2. The van der Waals surface area contributed by atoms with Crippen molar-refractivity contribution in [1.82, 2.24) is 4.90 Å². The third-order valence-corrected chi connectivity index (χ3v) is 3.99. The Morgan fingerprint density at radius 1 is 1.43 bits per heavy atom. The van der Waals surface area contributed by atoms with Crippen molar-refractivity contribution in [3.8, 4) is 5.75 Å². The molecule has 2 amide bonds. The summed E-state index contributed by atoms with van der Waals surface area (Å²) in [4.78, 5) is 36.0. The predicted octanol–water partition coefficient (Wildman–Crippen LogP) is 1.39. The molecule has 1 atom stereocenters. The summed E-state index contributed by atoms with van der Waals surface area (Å²) in [6, 6.07) is 6.49. The van der Waals surface area contributed by atoms with Crippen LogP contribution in [0.5, 0.6) is 5.75 Å². The number of hydrogen-bond acceptors (Lipinski definition) is 7. The van der Waals surface area contributed by atoms with Crippen LogP contribution in [-0.2, 0) is 14.3 Å². The molecule has 0 bridgehead atoms. The quantitative estimate of drug-likeness (QED) is 0.626. The maximum absolute atomic E-state index is 12.0. The lowest BCUT2D eigenvalue weighted by Crippen LogP contribution is -2.36. The summed E-state index contributed by atoms with van der Waals surface area (Å²) in [5, 5.41) is 11.2. The Morgan fingerprint density at radius 2 is 2.14 bits per heavy atom. The molecular formula is C13H14N2O5S. The molecule has 2 N–H and O–H groups in total. The summed E-state index contributed by atoms with van der Waals surface area (Å²) in [5.41, 5.74) is 0.416. The van der Waals surface area contributed by atoms with E-state index < -0.39 is 22.4 Å². The van der Waals surface area contributed by atoms with E-state index in [9.17, 15) is 19.5 Å². The Kier molecular flexibility index (Phi) is 4.69. The molecule has 1 aliphatic rings. The predicted molar refractivity (Wildman–Crippen MR) is 76.9 cm³/mol. The van der Waals surface area contributed by atoms with Gasteiger partial charge in [0.1, 0.15) is 11.0 Å². The molecule has 1 fully saturated rings. The lowest BCUT2D eigenvalue weighted by atomic mass is 10.2. The number of aromatic hydroxyl groups is 1. The first-order chi connectivity index (χ1) is 10.0. The molecule has 8 heteroatoms. The van der Waals surface area contributed by atoms with Crippen LogP contribution in [0.2, 0.25) is 0 Å². The minimum Gasteiger partial charge on any atom is -0.506 e. The molecule has 1 aromatic carbocycles. The molecule has 1 heterocycles. The molecule has 2 rings (SSSR count). The highest BCUT2D eigenvalue weighted by molar-refractivity contribution is 8.15. The van der Waals surface area contributed by atoms with Gasteiger partial charge in [0.2, 0.25) is 5.91 Å². The molecule has 0 saturated carbocycles. The molecule has 1 aliphatic heterocycles. The molecular weight excluding hydrogens is 296 g/mol. The number of hydrogen-bond donors (Lipinski definition) is 2. The van der Waals surface area contributed by atoms with Gasteiger partial charge < -0.3 is 15.2 Å². The number of thioether (sulfide) groups is 1. The summed E-state index contributed by atoms with van der Waals surface area (Å²) in [7, 11) is 1.23. The van der Waals surface area contributed by atoms with Crippen LogP contribution in [0.15, 0.2) is 24.3 Å². The van der Waals surface area contributed by atoms with E-state index in [-0.39, 0.29) is 18.8 Å². The van der Waals surface area contributed by atoms with Crippen molar-refractivity contribution in [1.29, 1.82) is 0 Å². The van der Waals surface area contributed by atoms with Gasteiger partial charge in [0.15, 0.2) is 0 Å². The van der Waals surface area contributed by atoms with E-state index in [1.807, 2.05) is 0 Å². The van der Waals surface area contributed by atoms with Crippen LogP contribution in [0.1, 0.15) is 6.42 Å².